The smallest absolute Gasteiger partial charge is 0.255 e. The Hall–Kier alpha value is -2.62. The number of carbonyl (C=O) groups is 1. The molecule has 0 bridgehead atoms. The molecule has 3 aromatic rings. The van der Waals surface area contributed by atoms with Crippen molar-refractivity contribution in [3.63, 3.8) is 0 Å². The van der Waals surface area contributed by atoms with Gasteiger partial charge >= 0.3 is 0 Å². The van der Waals surface area contributed by atoms with Gasteiger partial charge in [-0.2, -0.15) is 9.41 Å². The summed E-state index contributed by atoms with van der Waals surface area (Å²) < 4.78 is 32.8. The topological polar surface area (TPSA) is 88.1 Å². The first-order valence-electron chi connectivity index (χ1n) is 9.84. The van der Waals surface area contributed by atoms with E-state index in [0.29, 0.717) is 26.9 Å². The molecule has 1 N–H and O–H groups in total. The van der Waals surface area contributed by atoms with Gasteiger partial charge in [-0.3, -0.25) is 4.79 Å². The Kier molecular flexibility index (Phi) is 8.93. The summed E-state index contributed by atoms with van der Waals surface area (Å²) in [6, 6.07) is 17.4. The van der Waals surface area contributed by atoms with Crippen LogP contribution in [0.25, 0.3) is 0 Å². The fourth-order valence-electron chi connectivity index (χ4n) is 2.92. The minimum Gasteiger partial charge on any atom is -0.497 e. The van der Waals surface area contributed by atoms with Gasteiger partial charge < -0.3 is 4.74 Å². The summed E-state index contributed by atoms with van der Waals surface area (Å²) in [5.41, 5.74) is 3.53. The van der Waals surface area contributed by atoms with E-state index in [9.17, 15) is 13.2 Å². The largest absolute Gasteiger partial charge is 0.497 e. The van der Waals surface area contributed by atoms with Gasteiger partial charge in [0.05, 0.1) is 24.8 Å². The number of nitrogens with one attached hydrogen (secondary N) is 1. The SMILES string of the molecule is COc1cccc(/C=N\NC(=O)CN(Cc2ccc(Cl)cc2Cl)S(=O)(=O)c2ccc(Cl)cc2)c1. The molecule has 0 fully saturated rings. The van der Waals surface area contributed by atoms with Gasteiger partial charge in [0.1, 0.15) is 5.75 Å². The number of methoxy groups -OCH3 is 1. The normalized spacial score (nSPS) is 11.7. The lowest BCUT2D eigenvalue weighted by Crippen LogP contribution is -2.39. The average molecular weight is 541 g/mol. The highest BCUT2D eigenvalue weighted by Crippen LogP contribution is 2.25. The van der Waals surface area contributed by atoms with Crippen molar-refractivity contribution in [2.24, 2.45) is 5.10 Å². The molecule has 0 atom stereocenters. The summed E-state index contributed by atoms with van der Waals surface area (Å²) in [7, 11) is -2.53. The van der Waals surface area contributed by atoms with Crippen LogP contribution in [0.5, 0.6) is 5.75 Å². The number of amides is 1. The minimum absolute atomic E-state index is 0.0188. The van der Waals surface area contributed by atoms with Crippen LogP contribution in [-0.4, -0.2) is 38.5 Å². The second-order valence-electron chi connectivity index (χ2n) is 7.03. The Morgan fingerprint density at radius 2 is 1.74 bits per heavy atom. The van der Waals surface area contributed by atoms with Crippen molar-refractivity contribution < 1.29 is 17.9 Å². The molecule has 0 saturated carbocycles. The molecular weight excluding hydrogens is 521 g/mol. The lowest BCUT2D eigenvalue weighted by Gasteiger charge is -2.22. The molecule has 0 radical (unpaired) electrons. The van der Waals surface area contributed by atoms with Crippen molar-refractivity contribution in [3.8, 4) is 5.75 Å². The standard InChI is InChI=1S/C23H20Cl3N3O4S/c1-33-20-4-2-3-16(11-20)13-27-28-23(30)15-29(14-17-5-6-19(25)12-22(17)26)34(31,32)21-9-7-18(24)8-10-21/h2-13H,14-15H2,1H3,(H,28,30)/b27-13-. The molecule has 0 heterocycles. The molecule has 0 unspecified atom stereocenters. The van der Waals surface area contributed by atoms with E-state index in [2.05, 4.69) is 10.5 Å². The summed E-state index contributed by atoms with van der Waals surface area (Å²) in [6.07, 6.45) is 1.43. The lowest BCUT2D eigenvalue weighted by molar-refractivity contribution is -0.121. The number of ether oxygens (including phenoxy) is 1. The summed E-state index contributed by atoms with van der Waals surface area (Å²) in [6.45, 7) is -0.659. The molecular formula is C23H20Cl3N3O4S. The van der Waals surface area contributed by atoms with Gasteiger partial charge in [-0.15, -0.1) is 0 Å². The van der Waals surface area contributed by atoms with Crippen LogP contribution in [0.4, 0.5) is 0 Å². The number of nitrogens with zero attached hydrogens (tertiary/aromatic N) is 2. The lowest BCUT2D eigenvalue weighted by atomic mass is 10.2. The Morgan fingerprint density at radius 1 is 1.03 bits per heavy atom. The van der Waals surface area contributed by atoms with Crippen LogP contribution in [-0.2, 0) is 21.4 Å². The van der Waals surface area contributed by atoms with Crippen LogP contribution < -0.4 is 10.2 Å². The molecule has 3 aromatic carbocycles. The molecule has 0 aliphatic rings. The van der Waals surface area contributed by atoms with Gasteiger partial charge in [0, 0.05) is 21.6 Å². The van der Waals surface area contributed by atoms with E-state index in [1.165, 1.54) is 36.5 Å². The predicted molar refractivity (Wildman–Crippen MR) is 134 cm³/mol. The number of hydrazone groups is 1. The molecule has 11 heteroatoms. The summed E-state index contributed by atoms with van der Waals surface area (Å²) >= 11 is 18.1. The zero-order valence-electron chi connectivity index (χ0n) is 17.9. The van der Waals surface area contributed by atoms with Crippen molar-refractivity contribution in [2.75, 3.05) is 13.7 Å². The molecule has 0 aliphatic carbocycles. The van der Waals surface area contributed by atoms with Gasteiger partial charge in [-0.1, -0.05) is 53.0 Å². The van der Waals surface area contributed by atoms with Crippen LogP contribution in [0.2, 0.25) is 15.1 Å². The van der Waals surface area contributed by atoms with E-state index >= 15 is 0 Å². The number of sulfonamides is 1. The first kappa shape index (κ1) is 26.0. The van der Waals surface area contributed by atoms with Crippen molar-refractivity contribution in [2.45, 2.75) is 11.4 Å². The van der Waals surface area contributed by atoms with Gasteiger partial charge in [0.15, 0.2) is 0 Å². The van der Waals surface area contributed by atoms with E-state index in [1.807, 2.05) is 0 Å². The van der Waals surface area contributed by atoms with Gasteiger partial charge in [-0.05, 0) is 59.7 Å². The van der Waals surface area contributed by atoms with Crippen LogP contribution >= 0.6 is 34.8 Å². The molecule has 7 nitrogen and oxygen atoms in total. The number of hydrogen-bond donors (Lipinski definition) is 1. The van der Waals surface area contributed by atoms with Crippen molar-refractivity contribution >= 4 is 56.9 Å². The maximum Gasteiger partial charge on any atom is 0.255 e. The van der Waals surface area contributed by atoms with E-state index in [1.54, 1.807) is 43.5 Å². The molecule has 1 amide bonds. The summed E-state index contributed by atoms with van der Waals surface area (Å²) in [5.74, 6) is -0.00266. The summed E-state index contributed by atoms with van der Waals surface area (Å²) in [4.78, 5) is 12.6. The zero-order chi connectivity index (χ0) is 24.7. The fourth-order valence-corrected chi connectivity index (χ4v) is 4.89. The highest BCUT2D eigenvalue weighted by molar-refractivity contribution is 7.89. The Morgan fingerprint density at radius 3 is 2.41 bits per heavy atom. The van der Waals surface area contributed by atoms with Crippen molar-refractivity contribution in [3.05, 3.63) is 92.9 Å². The molecule has 34 heavy (non-hydrogen) atoms. The van der Waals surface area contributed by atoms with E-state index in [0.717, 1.165) is 4.31 Å². The van der Waals surface area contributed by atoms with Gasteiger partial charge in [0.25, 0.3) is 5.91 Å². The third kappa shape index (κ3) is 6.94. The Bertz CT molecular complexity index is 1300. The average Bonchev–Trinajstić information content (AvgIpc) is 2.80. The van der Waals surface area contributed by atoms with Crippen molar-refractivity contribution in [1.82, 2.24) is 9.73 Å². The first-order chi connectivity index (χ1) is 16.2. The molecule has 0 aromatic heterocycles. The predicted octanol–water partition coefficient (Wildman–Crippen LogP) is 5.00. The minimum atomic E-state index is -4.07. The number of halogens is 3. The molecule has 0 spiro atoms. The molecule has 178 valence electrons. The van der Waals surface area contributed by atoms with E-state index in [4.69, 9.17) is 39.5 Å². The number of hydrogen-bond acceptors (Lipinski definition) is 5. The van der Waals surface area contributed by atoms with E-state index in [-0.39, 0.29) is 16.5 Å². The Balaban J connectivity index is 1.81. The molecule has 3 rings (SSSR count). The number of benzene rings is 3. The van der Waals surface area contributed by atoms with E-state index < -0.39 is 22.5 Å². The van der Waals surface area contributed by atoms with Gasteiger partial charge in [-0.25, -0.2) is 13.8 Å². The fraction of sp³-hybridized carbons (Fsp3) is 0.130. The highest BCUT2D eigenvalue weighted by atomic mass is 35.5. The van der Waals surface area contributed by atoms with Gasteiger partial charge in [0.2, 0.25) is 10.0 Å². The van der Waals surface area contributed by atoms with Crippen LogP contribution in [0.15, 0.2) is 76.7 Å². The maximum absolute atomic E-state index is 13.3. The second kappa shape index (κ2) is 11.7. The number of carbonyl (C=O) groups excluding carboxylic acids is 1. The molecule has 0 saturated heterocycles. The second-order valence-corrected chi connectivity index (χ2v) is 10.3. The quantitative estimate of drug-likeness (QED) is 0.306. The monoisotopic (exact) mass is 539 g/mol. The van der Waals surface area contributed by atoms with Crippen LogP contribution in [0.1, 0.15) is 11.1 Å². The Labute approximate surface area is 212 Å². The molecule has 0 aliphatic heterocycles. The highest BCUT2D eigenvalue weighted by Gasteiger charge is 2.27. The third-order valence-corrected chi connectivity index (χ3v) is 7.27. The third-order valence-electron chi connectivity index (χ3n) is 4.63. The first-order valence-corrected chi connectivity index (χ1v) is 12.4. The number of rotatable bonds is 9. The summed E-state index contributed by atoms with van der Waals surface area (Å²) in [5, 5.41) is 4.98. The zero-order valence-corrected chi connectivity index (χ0v) is 21.0. The van der Waals surface area contributed by atoms with Crippen molar-refractivity contribution in [1.29, 1.82) is 0 Å². The maximum atomic E-state index is 13.3. The van der Waals surface area contributed by atoms with Crippen LogP contribution in [0.3, 0.4) is 0 Å². The van der Waals surface area contributed by atoms with Crippen LogP contribution in [0, 0.1) is 0 Å².